The second kappa shape index (κ2) is 10.5. The molecule has 4 rings (SSSR count). The fraction of sp³-hybridized carbons (Fsp3) is 0.192. The van der Waals surface area contributed by atoms with Gasteiger partial charge in [-0.3, -0.25) is 14.9 Å². The van der Waals surface area contributed by atoms with Gasteiger partial charge in [-0.2, -0.15) is 4.80 Å². The maximum atomic E-state index is 12.5. The maximum absolute atomic E-state index is 12.5. The highest BCUT2D eigenvalue weighted by atomic mass is 35.5. The van der Waals surface area contributed by atoms with Gasteiger partial charge in [-0.25, -0.2) is 0 Å². The average Bonchev–Trinajstić information content (AvgIpc) is 3.25. The molecule has 35 heavy (non-hydrogen) atoms. The van der Waals surface area contributed by atoms with Gasteiger partial charge in [0.2, 0.25) is 5.91 Å². The van der Waals surface area contributed by atoms with Crippen molar-refractivity contribution in [1.82, 2.24) is 15.0 Å². The van der Waals surface area contributed by atoms with E-state index in [0.29, 0.717) is 16.8 Å². The summed E-state index contributed by atoms with van der Waals surface area (Å²) in [5, 5.41) is 23.1. The number of carbonyl (C=O) groups excluding carboxylic acids is 1. The number of nitrogens with zero attached hydrogens (tertiary/aromatic N) is 4. The van der Waals surface area contributed by atoms with Gasteiger partial charge in [0.05, 0.1) is 10.6 Å². The van der Waals surface area contributed by atoms with Gasteiger partial charge in [0.1, 0.15) is 16.1 Å². The summed E-state index contributed by atoms with van der Waals surface area (Å²) in [6.45, 7) is 4.05. The molecule has 1 heterocycles. The van der Waals surface area contributed by atoms with Crippen molar-refractivity contribution >= 4 is 46.0 Å². The summed E-state index contributed by atoms with van der Waals surface area (Å²) in [7, 11) is 0. The zero-order valence-electron chi connectivity index (χ0n) is 19.4. The van der Waals surface area contributed by atoms with Crippen LogP contribution in [0.3, 0.4) is 0 Å². The van der Waals surface area contributed by atoms with E-state index in [0.717, 1.165) is 36.0 Å². The molecule has 0 saturated carbocycles. The number of aryl methyl sites for hydroxylation is 2. The highest BCUT2D eigenvalue weighted by Gasteiger charge is 2.13. The summed E-state index contributed by atoms with van der Waals surface area (Å²) in [6, 6.07) is 16.2. The van der Waals surface area contributed by atoms with Crippen molar-refractivity contribution in [1.29, 1.82) is 0 Å². The summed E-state index contributed by atoms with van der Waals surface area (Å²) in [5.41, 5.74) is 5.25. The van der Waals surface area contributed by atoms with Gasteiger partial charge in [0.25, 0.3) is 5.69 Å². The standard InChI is InChI=1S/C26H24ClN5O3/c1-3-4-5-18-6-10-20(11-7-18)31-29-23-14-17(2)22(16-24(23)30-31)28-26(33)13-9-19-8-12-21(27)25(15-19)32(34)35/h6-16H,3-5H2,1-2H3,(H,28,33)/b13-9+. The first-order chi connectivity index (χ1) is 16.8. The summed E-state index contributed by atoms with van der Waals surface area (Å²) < 4.78 is 0. The predicted octanol–water partition coefficient (Wildman–Crippen LogP) is 6.29. The zero-order valence-corrected chi connectivity index (χ0v) is 20.1. The molecule has 9 heteroatoms. The molecule has 0 aliphatic rings. The fourth-order valence-corrected chi connectivity index (χ4v) is 3.80. The van der Waals surface area contributed by atoms with Crippen LogP contribution in [0, 0.1) is 17.0 Å². The van der Waals surface area contributed by atoms with Gasteiger partial charge in [0, 0.05) is 17.8 Å². The van der Waals surface area contributed by atoms with Crippen molar-refractivity contribution in [2.45, 2.75) is 33.1 Å². The first-order valence-electron chi connectivity index (χ1n) is 11.2. The Kier molecular flexibility index (Phi) is 7.22. The Balaban J connectivity index is 1.50. The molecule has 1 amide bonds. The Morgan fingerprint density at radius 1 is 1.11 bits per heavy atom. The number of unbranched alkanes of at least 4 members (excludes halogenated alkanes) is 1. The number of hydrogen-bond donors (Lipinski definition) is 1. The minimum absolute atomic E-state index is 0.0426. The molecule has 178 valence electrons. The molecule has 3 aromatic carbocycles. The van der Waals surface area contributed by atoms with E-state index in [-0.39, 0.29) is 16.6 Å². The van der Waals surface area contributed by atoms with Crippen LogP contribution >= 0.6 is 11.6 Å². The second-order valence-corrected chi connectivity index (χ2v) is 8.61. The molecule has 0 aliphatic carbocycles. The lowest BCUT2D eigenvalue weighted by Crippen LogP contribution is -2.09. The number of amides is 1. The summed E-state index contributed by atoms with van der Waals surface area (Å²) >= 11 is 5.83. The number of anilines is 1. The van der Waals surface area contributed by atoms with Crippen molar-refractivity contribution in [3.63, 3.8) is 0 Å². The summed E-state index contributed by atoms with van der Waals surface area (Å²) in [5.74, 6) is -0.375. The van der Waals surface area contributed by atoms with Crippen LogP contribution in [0.15, 0.2) is 60.7 Å². The number of carbonyl (C=O) groups is 1. The average molecular weight is 490 g/mol. The molecule has 0 aliphatic heterocycles. The first-order valence-corrected chi connectivity index (χ1v) is 11.6. The number of halogens is 1. The molecule has 1 N–H and O–H groups in total. The number of nitro benzene ring substituents is 1. The lowest BCUT2D eigenvalue weighted by Gasteiger charge is -2.05. The molecular formula is C26H24ClN5O3. The van der Waals surface area contributed by atoms with Gasteiger partial charge in [-0.1, -0.05) is 43.1 Å². The number of aromatic nitrogens is 3. The Bertz CT molecular complexity index is 1430. The minimum atomic E-state index is -0.563. The van der Waals surface area contributed by atoms with Crippen LogP contribution in [0.2, 0.25) is 5.02 Å². The smallest absolute Gasteiger partial charge is 0.288 e. The lowest BCUT2D eigenvalue weighted by molar-refractivity contribution is -0.384. The van der Waals surface area contributed by atoms with Crippen molar-refractivity contribution in [2.24, 2.45) is 0 Å². The maximum Gasteiger partial charge on any atom is 0.288 e. The van der Waals surface area contributed by atoms with Crippen LogP contribution in [-0.2, 0) is 11.2 Å². The first kappa shape index (κ1) is 24.1. The lowest BCUT2D eigenvalue weighted by atomic mass is 10.1. The van der Waals surface area contributed by atoms with Gasteiger partial charge < -0.3 is 5.32 Å². The Morgan fingerprint density at radius 3 is 2.51 bits per heavy atom. The minimum Gasteiger partial charge on any atom is -0.322 e. The van der Waals surface area contributed by atoms with E-state index in [1.165, 1.54) is 29.8 Å². The third-order valence-corrected chi connectivity index (χ3v) is 5.88. The van der Waals surface area contributed by atoms with Crippen molar-refractivity contribution < 1.29 is 9.72 Å². The molecule has 1 aromatic heterocycles. The Morgan fingerprint density at radius 2 is 1.83 bits per heavy atom. The number of nitrogens with one attached hydrogen (secondary N) is 1. The van der Waals surface area contributed by atoms with Gasteiger partial charge in [-0.05, 0) is 72.9 Å². The third-order valence-electron chi connectivity index (χ3n) is 5.56. The van der Waals surface area contributed by atoms with E-state index >= 15 is 0 Å². The van der Waals surface area contributed by atoms with Crippen LogP contribution in [-0.4, -0.2) is 25.8 Å². The molecule has 8 nitrogen and oxygen atoms in total. The van der Waals surface area contributed by atoms with Crippen molar-refractivity contribution in [3.05, 3.63) is 92.5 Å². The van der Waals surface area contributed by atoms with Gasteiger partial charge in [-0.15, -0.1) is 10.2 Å². The summed E-state index contributed by atoms with van der Waals surface area (Å²) in [4.78, 5) is 24.6. The third kappa shape index (κ3) is 5.73. The number of fused-ring (bicyclic) bond motifs is 1. The number of rotatable bonds is 8. The van der Waals surface area contributed by atoms with E-state index in [1.807, 2.05) is 25.1 Å². The normalized spacial score (nSPS) is 11.3. The van der Waals surface area contributed by atoms with E-state index < -0.39 is 4.92 Å². The molecule has 0 spiro atoms. The van der Waals surface area contributed by atoms with E-state index in [2.05, 4.69) is 34.6 Å². The van der Waals surface area contributed by atoms with E-state index in [4.69, 9.17) is 11.6 Å². The quantitative estimate of drug-likeness (QED) is 0.178. The largest absolute Gasteiger partial charge is 0.322 e. The Labute approximate surface area is 207 Å². The molecule has 0 unspecified atom stereocenters. The SMILES string of the molecule is CCCCc1ccc(-n2nc3cc(C)c(NC(=O)/C=C/c4ccc(Cl)c([N+](=O)[O-])c4)cc3n2)cc1. The van der Waals surface area contributed by atoms with Gasteiger partial charge in [0.15, 0.2) is 0 Å². The zero-order chi connectivity index (χ0) is 24.9. The van der Waals surface area contributed by atoms with E-state index in [9.17, 15) is 14.9 Å². The highest BCUT2D eigenvalue weighted by molar-refractivity contribution is 6.32. The van der Waals surface area contributed by atoms with Crippen LogP contribution in [0.1, 0.15) is 36.5 Å². The molecule has 0 radical (unpaired) electrons. The van der Waals surface area contributed by atoms with Crippen molar-refractivity contribution in [2.75, 3.05) is 5.32 Å². The summed E-state index contributed by atoms with van der Waals surface area (Å²) in [6.07, 6.45) is 6.18. The molecule has 0 fully saturated rings. The topological polar surface area (TPSA) is 103 Å². The number of nitro groups is 1. The highest BCUT2D eigenvalue weighted by Crippen LogP contribution is 2.26. The molecular weight excluding hydrogens is 466 g/mol. The molecule has 0 bridgehead atoms. The number of hydrogen-bond acceptors (Lipinski definition) is 5. The van der Waals surface area contributed by atoms with Crippen LogP contribution in [0.25, 0.3) is 22.8 Å². The second-order valence-electron chi connectivity index (χ2n) is 8.21. The van der Waals surface area contributed by atoms with Crippen molar-refractivity contribution in [3.8, 4) is 5.69 Å². The van der Waals surface area contributed by atoms with Crippen LogP contribution < -0.4 is 5.32 Å². The van der Waals surface area contributed by atoms with E-state index in [1.54, 1.807) is 16.9 Å². The fourth-order valence-electron chi connectivity index (χ4n) is 3.61. The predicted molar refractivity (Wildman–Crippen MR) is 138 cm³/mol. The monoisotopic (exact) mass is 489 g/mol. The van der Waals surface area contributed by atoms with Crippen LogP contribution in [0.5, 0.6) is 0 Å². The molecule has 0 atom stereocenters. The molecule has 0 saturated heterocycles. The van der Waals surface area contributed by atoms with Crippen LogP contribution in [0.4, 0.5) is 11.4 Å². The van der Waals surface area contributed by atoms with Gasteiger partial charge >= 0.3 is 0 Å². The molecule has 4 aromatic rings. The Hall–Kier alpha value is -4.04. The number of benzene rings is 3.